The molecule has 1 aromatic rings. The zero-order valence-electron chi connectivity index (χ0n) is 11.0. The van der Waals surface area contributed by atoms with Gasteiger partial charge in [-0.15, -0.1) is 0 Å². The summed E-state index contributed by atoms with van der Waals surface area (Å²) in [4.78, 5) is 14.4. The Morgan fingerprint density at radius 3 is 2.89 bits per heavy atom. The Balaban J connectivity index is 1.76. The highest BCUT2D eigenvalue weighted by atomic mass is 16.3. The van der Waals surface area contributed by atoms with Crippen molar-refractivity contribution in [2.75, 3.05) is 19.6 Å². The third-order valence-electron chi connectivity index (χ3n) is 4.31. The highest BCUT2D eigenvalue weighted by Crippen LogP contribution is 2.28. The number of carbonyl (C=O) groups is 1. The molecule has 3 atom stereocenters. The second kappa shape index (κ2) is 5.31. The molecule has 1 aromatic carbocycles. The van der Waals surface area contributed by atoms with Crippen molar-refractivity contribution in [1.29, 1.82) is 0 Å². The topological polar surface area (TPSA) is 52.6 Å². The third-order valence-corrected chi connectivity index (χ3v) is 4.31. The number of aliphatic hydroxyl groups is 1. The standard InChI is InChI=1S/C15H20N2O2/c18-14(11-5-2-1-3-6-11)15(19)17-8-4-7-12-9-16-10-13(12)17/h1-3,5-6,12-14,16,18H,4,7-10H2. The summed E-state index contributed by atoms with van der Waals surface area (Å²) in [6.45, 7) is 2.62. The Hall–Kier alpha value is -1.39. The molecule has 2 N–H and O–H groups in total. The van der Waals surface area contributed by atoms with Crippen LogP contribution >= 0.6 is 0 Å². The molecule has 3 unspecified atom stereocenters. The van der Waals surface area contributed by atoms with Crippen molar-refractivity contribution in [1.82, 2.24) is 10.2 Å². The smallest absolute Gasteiger partial charge is 0.256 e. The minimum absolute atomic E-state index is 0.149. The quantitative estimate of drug-likeness (QED) is 0.832. The lowest BCUT2D eigenvalue weighted by Gasteiger charge is -2.38. The Morgan fingerprint density at radius 1 is 1.32 bits per heavy atom. The van der Waals surface area contributed by atoms with Crippen LogP contribution in [0.15, 0.2) is 30.3 Å². The molecule has 102 valence electrons. The molecule has 4 heteroatoms. The Bertz CT molecular complexity index is 449. The number of aliphatic hydroxyl groups excluding tert-OH is 1. The van der Waals surface area contributed by atoms with Crippen LogP contribution in [-0.4, -0.2) is 41.6 Å². The second-order valence-corrected chi connectivity index (χ2v) is 5.47. The molecule has 2 aliphatic rings. The molecule has 0 spiro atoms. The van der Waals surface area contributed by atoms with Crippen molar-refractivity contribution in [2.24, 2.45) is 5.92 Å². The number of hydrogen-bond donors (Lipinski definition) is 2. The fraction of sp³-hybridized carbons (Fsp3) is 0.533. The molecule has 4 nitrogen and oxygen atoms in total. The van der Waals surface area contributed by atoms with Gasteiger partial charge in [-0.05, 0) is 24.3 Å². The van der Waals surface area contributed by atoms with Crippen molar-refractivity contribution in [2.45, 2.75) is 25.0 Å². The molecule has 19 heavy (non-hydrogen) atoms. The van der Waals surface area contributed by atoms with Crippen LogP contribution in [0.4, 0.5) is 0 Å². The Morgan fingerprint density at radius 2 is 2.11 bits per heavy atom. The van der Waals surface area contributed by atoms with E-state index < -0.39 is 6.10 Å². The molecular formula is C15H20N2O2. The summed E-state index contributed by atoms with van der Waals surface area (Å²) in [5.41, 5.74) is 0.681. The van der Waals surface area contributed by atoms with Crippen molar-refractivity contribution in [3.8, 4) is 0 Å². The number of hydrogen-bond acceptors (Lipinski definition) is 3. The van der Waals surface area contributed by atoms with Gasteiger partial charge in [0.25, 0.3) is 5.91 Å². The zero-order chi connectivity index (χ0) is 13.2. The molecule has 2 saturated heterocycles. The van der Waals surface area contributed by atoms with Gasteiger partial charge in [-0.3, -0.25) is 4.79 Å². The first-order valence-corrected chi connectivity index (χ1v) is 7.01. The van der Waals surface area contributed by atoms with Gasteiger partial charge in [-0.2, -0.15) is 0 Å². The van der Waals surface area contributed by atoms with Crippen LogP contribution in [0.5, 0.6) is 0 Å². The monoisotopic (exact) mass is 260 g/mol. The number of carbonyl (C=O) groups excluding carboxylic acids is 1. The maximum atomic E-state index is 12.5. The van der Waals surface area contributed by atoms with Crippen LogP contribution in [-0.2, 0) is 4.79 Å². The lowest BCUT2D eigenvalue weighted by Crippen LogP contribution is -2.50. The third kappa shape index (κ3) is 2.38. The van der Waals surface area contributed by atoms with Crippen LogP contribution in [0, 0.1) is 5.92 Å². The molecule has 2 fully saturated rings. The predicted octanol–water partition coefficient (Wildman–Crippen LogP) is 0.930. The van der Waals surface area contributed by atoms with Gasteiger partial charge in [-0.25, -0.2) is 0 Å². The van der Waals surface area contributed by atoms with Crippen molar-refractivity contribution in [3.05, 3.63) is 35.9 Å². The van der Waals surface area contributed by atoms with Crippen LogP contribution in [0.1, 0.15) is 24.5 Å². The van der Waals surface area contributed by atoms with E-state index in [0.717, 1.165) is 26.1 Å². The molecule has 0 bridgehead atoms. The molecule has 0 aliphatic carbocycles. The van der Waals surface area contributed by atoms with E-state index in [1.807, 2.05) is 23.1 Å². The van der Waals surface area contributed by atoms with E-state index in [4.69, 9.17) is 0 Å². The first kappa shape index (κ1) is 12.6. The van der Waals surface area contributed by atoms with E-state index in [9.17, 15) is 9.90 Å². The number of likely N-dealkylation sites (tertiary alicyclic amines) is 1. The fourth-order valence-corrected chi connectivity index (χ4v) is 3.28. The normalized spacial score (nSPS) is 27.9. The largest absolute Gasteiger partial charge is 0.378 e. The lowest BCUT2D eigenvalue weighted by molar-refractivity contribution is -0.144. The molecule has 1 amide bonds. The average molecular weight is 260 g/mol. The van der Waals surface area contributed by atoms with E-state index in [0.29, 0.717) is 11.5 Å². The van der Waals surface area contributed by atoms with Crippen LogP contribution < -0.4 is 5.32 Å². The zero-order valence-corrected chi connectivity index (χ0v) is 11.0. The average Bonchev–Trinajstić information content (AvgIpc) is 2.95. The van der Waals surface area contributed by atoms with E-state index in [2.05, 4.69) is 5.32 Å². The van der Waals surface area contributed by atoms with Crippen LogP contribution in [0.2, 0.25) is 0 Å². The van der Waals surface area contributed by atoms with Crippen LogP contribution in [0.25, 0.3) is 0 Å². The number of rotatable bonds is 2. The number of piperidine rings is 1. The van der Waals surface area contributed by atoms with Gasteiger partial charge in [-0.1, -0.05) is 30.3 Å². The van der Waals surface area contributed by atoms with Crippen molar-refractivity contribution in [3.63, 3.8) is 0 Å². The van der Waals surface area contributed by atoms with Crippen molar-refractivity contribution >= 4 is 5.91 Å². The van der Waals surface area contributed by atoms with Crippen LogP contribution in [0.3, 0.4) is 0 Å². The summed E-state index contributed by atoms with van der Waals surface area (Å²) in [6, 6.07) is 9.45. The molecular weight excluding hydrogens is 240 g/mol. The van der Waals surface area contributed by atoms with Gasteiger partial charge in [0.15, 0.2) is 6.10 Å². The molecule has 2 heterocycles. The van der Waals surface area contributed by atoms with E-state index in [-0.39, 0.29) is 11.9 Å². The van der Waals surface area contributed by atoms with Gasteiger partial charge in [0.05, 0.1) is 0 Å². The number of amides is 1. The summed E-state index contributed by atoms with van der Waals surface area (Å²) in [6.07, 6.45) is 1.19. The van der Waals surface area contributed by atoms with E-state index >= 15 is 0 Å². The minimum atomic E-state index is -1.03. The predicted molar refractivity (Wildman–Crippen MR) is 72.5 cm³/mol. The fourth-order valence-electron chi connectivity index (χ4n) is 3.28. The summed E-state index contributed by atoms with van der Waals surface area (Å²) in [5.74, 6) is 0.408. The highest BCUT2D eigenvalue weighted by molar-refractivity contribution is 5.82. The minimum Gasteiger partial charge on any atom is -0.378 e. The lowest BCUT2D eigenvalue weighted by atomic mass is 9.91. The molecule has 0 aromatic heterocycles. The molecule has 3 rings (SSSR count). The number of benzene rings is 1. The first-order valence-electron chi connectivity index (χ1n) is 7.01. The maximum Gasteiger partial charge on any atom is 0.256 e. The number of fused-ring (bicyclic) bond motifs is 1. The molecule has 0 radical (unpaired) electrons. The van der Waals surface area contributed by atoms with Gasteiger partial charge in [0.2, 0.25) is 0 Å². The number of nitrogens with one attached hydrogen (secondary N) is 1. The Kier molecular flexibility index (Phi) is 3.53. The highest BCUT2D eigenvalue weighted by Gasteiger charge is 2.39. The van der Waals surface area contributed by atoms with Gasteiger partial charge >= 0.3 is 0 Å². The first-order chi connectivity index (χ1) is 9.27. The van der Waals surface area contributed by atoms with Crippen molar-refractivity contribution < 1.29 is 9.90 Å². The molecule has 0 saturated carbocycles. The van der Waals surface area contributed by atoms with Gasteiger partial charge in [0.1, 0.15) is 0 Å². The maximum absolute atomic E-state index is 12.5. The summed E-state index contributed by atoms with van der Waals surface area (Å²) >= 11 is 0. The second-order valence-electron chi connectivity index (χ2n) is 5.47. The summed E-state index contributed by atoms with van der Waals surface area (Å²) in [7, 11) is 0. The Labute approximate surface area is 113 Å². The SMILES string of the molecule is O=C(C(O)c1ccccc1)N1CCCC2CNCC21. The van der Waals surface area contributed by atoms with E-state index in [1.165, 1.54) is 6.42 Å². The van der Waals surface area contributed by atoms with Gasteiger partial charge in [0, 0.05) is 25.7 Å². The summed E-state index contributed by atoms with van der Waals surface area (Å²) in [5, 5.41) is 13.6. The summed E-state index contributed by atoms with van der Waals surface area (Å²) < 4.78 is 0. The number of nitrogens with zero attached hydrogens (tertiary/aromatic N) is 1. The molecule has 2 aliphatic heterocycles. The van der Waals surface area contributed by atoms with Gasteiger partial charge < -0.3 is 15.3 Å². The van der Waals surface area contributed by atoms with E-state index in [1.54, 1.807) is 12.1 Å².